The fourth-order valence-corrected chi connectivity index (χ4v) is 1.88. The van der Waals surface area contributed by atoms with E-state index in [0.29, 0.717) is 29.6 Å². The minimum absolute atomic E-state index is 0.361. The lowest BCUT2D eigenvalue weighted by Gasteiger charge is -2.35. The van der Waals surface area contributed by atoms with E-state index in [9.17, 15) is 4.39 Å². The lowest BCUT2D eigenvalue weighted by Crippen LogP contribution is -2.49. The molecule has 0 saturated carbocycles. The van der Waals surface area contributed by atoms with Crippen molar-refractivity contribution in [1.29, 1.82) is 0 Å². The first-order valence-electron chi connectivity index (χ1n) is 4.90. The van der Waals surface area contributed by atoms with Crippen molar-refractivity contribution in [2.75, 3.05) is 18.0 Å². The molecule has 4 nitrogen and oxygen atoms in total. The third-order valence-electron chi connectivity index (χ3n) is 2.57. The molecule has 16 heavy (non-hydrogen) atoms. The van der Waals surface area contributed by atoms with Gasteiger partial charge in [0.25, 0.3) is 0 Å². The molecule has 2 aromatic rings. The van der Waals surface area contributed by atoms with Crippen molar-refractivity contribution in [2.24, 2.45) is 0 Å². The molecule has 1 saturated heterocycles. The van der Waals surface area contributed by atoms with Gasteiger partial charge in [0.05, 0.1) is 18.6 Å². The highest BCUT2D eigenvalue weighted by Crippen LogP contribution is 2.26. The van der Waals surface area contributed by atoms with Crippen molar-refractivity contribution < 1.29 is 4.39 Å². The predicted molar refractivity (Wildman–Crippen MR) is 59.5 cm³/mol. The lowest BCUT2D eigenvalue weighted by atomic mass is 10.2. The molecule has 0 unspecified atom stereocenters. The number of aromatic nitrogens is 3. The van der Waals surface area contributed by atoms with Gasteiger partial charge in [-0.2, -0.15) is 0 Å². The maximum Gasteiger partial charge on any atom is 0.158 e. The Morgan fingerprint density at radius 2 is 2.12 bits per heavy atom. The molecule has 0 amide bonds. The first-order valence-corrected chi connectivity index (χ1v) is 5.28. The maximum atomic E-state index is 12.8. The van der Waals surface area contributed by atoms with Gasteiger partial charge >= 0.3 is 0 Å². The summed E-state index contributed by atoms with van der Waals surface area (Å²) in [5, 5.41) is 0.390. The molecule has 3 rings (SSSR count). The van der Waals surface area contributed by atoms with Gasteiger partial charge in [-0.25, -0.2) is 19.3 Å². The molecule has 1 aliphatic heterocycles. The first kappa shape index (κ1) is 9.72. The first-order chi connectivity index (χ1) is 7.74. The molecule has 3 heterocycles. The van der Waals surface area contributed by atoms with Crippen LogP contribution in [-0.2, 0) is 0 Å². The number of pyridine rings is 1. The number of nitrogens with zero attached hydrogens (tertiary/aromatic N) is 4. The van der Waals surface area contributed by atoms with Crippen LogP contribution in [0.4, 0.5) is 10.2 Å². The number of fused-ring (bicyclic) bond motifs is 1. The van der Waals surface area contributed by atoms with E-state index in [1.54, 1.807) is 12.1 Å². The van der Waals surface area contributed by atoms with Gasteiger partial charge in [0.2, 0.25) is 0 Å². The molecule has 0 N–H and O–H groups in total. The van der Waals surface area contributed by atoms with Crippen LogP contribution in [0, 0.1) is 0 Å². The molecule has 0 spiro atoms. The second kappa shape index (κ2) is 3.52. The van der Waals surface area contributed by atoms with E-state index < -0.39 is 6.17 Å². The smallest absolute Gasteiger partial charge is 0.158 e. The number of halogens is 2. The minimum atomic E-state index is -0.774. The lowest BCUT2D eigenvalue weighted by molar-refractivity contribution is 0.274. The molecule has 0 bridgehead atoms. The molecule has 82 valence electrons. The summed E-state index contributed by atoms with van der Waals surface area (Å²) in [6.45, 7) is 0.723. The fourth-order valence-electron chi connectivity index (χ4n) is 1.73. The highest BCUT2D eigenvalue weighted by atomic mass is 35.5. The minimum Gasteiger partial charge on any atom is -0.349 e. The fraction of sp³-hybridized carbons (Fsp3) is 0.300. The zero-order valence-corrected chi connectivity index (χ0v) is 9.02. The van der Waals surface area contributed by atoms with Crippen LogP contribution >= 0.6 is 11.6 Å². The largest absolute Gasteiger partial charge is 0.349 e. The molecule has 0 aromatic carbocycles. The van der Waals surface area contributed by atoms with E-state index in [1.165, 1.54) is 6.33 Å². The summed E-state index contributed by atoms with van der Waals surface area (Å²) < 4.78 is 12.8. The molecular formula is C10H8ClFN4. The summed E-state index contributed by atoms with van der Waals surface area (Å²) in [6.07, 6.45) is 0.683. The molecule has 0 aliphatic carbocycles. The maximum absolute atomic E-state index is 12.8. The number of rotatable bonds is 1. The summed E-state index contributed by atoms with van der Waals surface area (Å²) in [6, 6.07) is 3.46. The zero-order valence-electron chi connectivity index (χ0n) is 8.27. The van der Waals surface area contributed by atoms with Crippen LogP contribution in [0.2, 0.25) is 5.15 Å². The summed E-state index contributed by atoms with van der Waals surface area (Å²) in [5.41, 5.74) is 1.35. The van der Waals surface area contributed by atoms with Gasteiger partial charge in [0.15, 0.2) is 5.82 Å². The molecule has 0 atom stereocenters. The molecule has 1 aliphatic rings. The van der Waals surface area contributed by atoms with Gasteiger partial charge < -0.3 is 4.90 Å². The van der Waals surface area contributed by atoms with E-state index in [-0.39, 0.29) is 0 Å². The quantitative estimate of drug-likeness (QED) is 0.711. The Morgan fingerprint density at radius 1 is 1.31 bits per heavy atom. The molecule has 6 heteroatoms. The Hall–Kier alpha value is -1.49. The Bertz CT molecular complexity index is 541. The highest BCUT2D eigenvalue weighted by molar-refractivity contribution is 6.29. The number of alkyl halides is 1. The monoisotopic (exact) mass is 238 g/mol. The normalized spacial score (nSPS) is 16.5. The van der Waals surface area contributed by atoms with Gasteiger partial charge in [0, 0.05) is 0 Å². The van der Waals surface area contributed by atoms with Crippen LogP contribution < -0.4 is 4.90 Å². The number of hydrogen-bond donors (Lipinski definition) is 0. The average molecular weight is 239 g/mol. The Morgan fingerprint density at radius 3 is 2.88 bits per heavy atom. The van der Waals surface area contributed by atoms with E-state index in [2.05, 4.69) is 15.0 Å². The van der Waals surface area contributed by atoms with Crippen molar-refractivity contribution in [2.45, 2.75) is 6.17 Å². The molecule has 1 fully saturated rings. The van der Waals surface area contributed by atoms with Crippen molar-refractivity contribution in [1.82, 2.24) is 15.0 Å². The summed E-state index contributed by atoms with van der Waals surface area (Å²) in [4.78, 5) is 14.2. The van der Waals surface area contributed by atoms with Crippen LogP contribution in [0.3, 0.4) is 0 Å². The van der Waals surface area contributed by atoms with Crippen molar-refractivity contribution >= 4 is 28.5 Å². The Balaban J connectivity index is 2.13. The summed E-state index contributed by atoms with van der Waals surface area (Å²) in [7, 11) is 0. The van der Waals surface area contributed by atoms with Crippen LogP contribution in [0.1, 0.15) is 0 Å². The van der Waals surface area contributed by atoms with E-state index in [0.717, 1.165) is 5.52 Å². The third kappa shape index (κ3) is 1.48. The molecule has 2 aromatic heterocycles. The van der Waals surface area contributed by atoms with E-state index in [4.69, 9.17) is 11.6 Å². The SMILES string of the molecule is FC1CN(c2ncnc3ccc(Cl)nc23)C1. The van der Waals surface area contributed by atoms with Crippen LogP contribution in [0.25, 0.3) is 11.0 Å². The topological polar surface area (TPSA) is 41.9 Å². The highest BCUT2D eigenvalue weighted by Gasteiger charge is 2.29. The van der Waals surface area contributed by atoms with Gasteiger partial charge in [-0.1, -0.05) is 11.6 Å². The van der Waals surface area contributed by atoms with Gasteiger partial charge in [-0.05, 0) is 12.1 Å². The summed E-state index contributed by atoms with van der Waals surface area (Å²) in [5.74, 6) is 0.654. The van der Waals surface area contributed by atoms with Crippen LogP contribution in [-0.4, -0.2) is 34.2 Å². The second-order valence-electron chi connectivity index (χ2n) is 3.70. The van der Waals surface area contributed by atoms with Gasteiger partial charge in [-0.3, -0.25) is 0 Å². The Labute approximate surface area is 96.1 Å². The average Bonchev–Trinajstić information content (AvgIpc) is 2.24. The zero-order chi connectivity index (χ0) is 11.1. The van der Waals surface area contributed by atoms with Gasteiger partial charge in [0.1, 0.15) is 23.2 Å². The Kier molecular flexibility index (Phi) is 2.14. The predicted octanol–water partition coefficient (Wildman–Crippen LogP) is 1.84. The van der Waals surface area contributed by atoms with Crippen molar-refractivity contribution in [3.8, 4) is 0 Å². The van der Waals surface area contributed by atoms with E-state index >= 15 is 0 Å². The molecular weight excluding hydrogens is 231 g/mol. The second-order valence-corrected chi connectivity index (χ2v) is 4.09. The van der Waals surface area contributed by atoms with Gasteiger partial charge in [-0.15, -0.1) is 0 Å². The standard InChI is InChI=1S/C10H8ClFN4/c11-8-2-1-7-9(15-8)10(14-5-13-7)16-3-6(12)4-16/h1-2,5-6H,3-4H2. The van der Waals surface area contributed by atoms with E-state index in [1.807, 2.05) is 4.90 Å². The van der Waals surface area contributed by atoms with Crippen molar-refractivity contribution in [3.05, 3.63) is 23.6 Å². The number of hydrogen-bond acceptors (Lipinski definition) is 4. The van der Waals surface area contributed by atoms with Crippen LogP contribution in [0.5, 0.6) is 0 Å². The molecule has 0 radical (unpaired) electrons. The van der Waals surface area contributed by atoms with Crippen LogP contribution in [0.15, 0.2) is 18.5 Å². The number of anilines is 1. The summed E-state index contributed by atoms with van der Waals surface area (Å²) >= 11 is 5.83. The van der Waals surface area contributed by atoms with Crippen molar-refractivity contribution in [3.63, 3.8) is 0 Å². The third-order valence-corrected chi connectivity index (χ3v) is 2.78.